The van der Waals surface area contributed by atoms with E-state index in [4.69, 9.17) is 19.8 Å². The Morgan fingerprint density at radius 1 is 1.15 bits per heavy atom. The van der Waals surface area contributed by atoms with E-state index in [9.17, 15) is 4.39 Å². The molecule has 102 valence electrons. The van der Waals surface area contributed by atoms with Gasteiger partial charge < -0.3 is 14.6 Å². The average Bonchev–Trinajstić information content (AvgIpc) is 2.49. The molecule has 0 radical (unpaired) electrons. The SMILES string of the molecule is COc1cc(CO)ccc1Oc1ccc(F)cc1C#N. The van der Waals surface area contributed by atoms with Gasteiger partial charge >= 0.3 is 0 Å². The van der Waals surface area contributed by atoms with Gasteiger partial charge in [0.1, 0.15) is 17.6 Å². The molecule has 2 rings (SSSR count). The van der Waals surface area contributed by atoms with Crippen LogP contribution >= 0.6 is 0 Å². The lowest BCUT2D eigenvalue weighted by atomic mass is 10.2. The number of nitriles is 1. The van der Waals surface area contributed by atoms with Crippen LogP contribution in [0.15, 0.2) is 36.4 Å². The predicted octanol–water partition coefficient (Wildman–Crippen LogP) is 2.99. The normalized spacial score (nSPS) is 9.90. The van der Waals surface area contributed by atoms with Crippen molar-refractivity contribution in [3.05, 3.63) is 53.3 Å². The minimum Gasteiger partial charge on any atom is -0.493 e. The molecule has 5 heteroatoms. The number of aliphatic hydroxyl groups is 1. The number of benzene rings is 2. The maximum Gasteiger partial charge on any atom is 0.169 e. The molecule has 2 aromatic rings. The van der Waals surface area contributed by atoms with Crippen molar-refractivity contribution in [1.29, 1.82) is 5.26 Å². The summed E-state index contributed by atoms with van der Waals surface area (Å²) in [5.41, 5.74) is 0.770. The molecule has 0 saturated heterocycles. The maximum absolute atomic E-state index is 13.1. The van der Waals surface area contributed by atoms with E-state index in [-0.39, 0.29) is 17.9 Å². The number of hydrogen-bond acceptors (Lipinski definition) is 4. The zero-order valence-electron chi connectivity index (χ0n) is 10.8. The van der Waals surface area contributed by atoms with Crippen LogP contribution in [0, 0.1) is 17.1 Å². The van der Waals surface area contributed by atoms with E-state index in [0.717, 1.165) is 6.07 Å². The van der Waals surface area contributed by atoms with Gasteiger partial charge in [-0.2, -0.15) is 5.26 Å². The number of ether oxygens (including phenoxy) is 2. The monoisotopic (exact) mass is 273 g/mol. The summed E-state index contributed by atoms with van der Waals surface area (Å²) in [5.74, 6) is 0.540. The molecular weight excluding hydrogens is 261 g/mol. The smallest absolute Gasteiger partial charge is 0.169 e. The fourth-order valence-electron chi connectivity index (χ4n) is 1.69. The topological polar surface area (TPSA) is 62.5 Å². The van der Waals surface area contributed by atoms with Gasteiger partial charge in [0.05, 0.1) is 19.3 Å². The number of hydrogen-bond donors (Lipinski definition) is 1. The Kier molecular flexibility index (Phi) is 4.18. The van der Waals surface area contributed by atoms with Crippen LogP contribution < -0.4 is 9.47 Å². The van der Waals surface area contributed by atoms with E-state index < -0.39 is 5.82 Å². The molecule has 1 N–H and O–H groups in total. The van der Waals surface area contributed by atoms with Crippen LogP contribution in [-0.4, -0.2) is 12.2 Å². The maximum atomic E-state index is 13.1. The van der Waals surface area contributed by atoms with Crippen LogP contribution in [0.5, 0.6) is 17.2 Å². The second kappa shape index (κ2) is 6.04. The van der Waals surface area contributed by atoms with Gasteiger partial charge in [0.2, 0.25) is 0 Å². The van der Waals surface area contributed by atoms with Crippen LogP contribution in [-0.2, 0) is 6.61 Å². The fraction of sp³-hybridized carbons (Fsp3) is 0.133. The molecule has 0 aliphatic rings. The summed E-state index contributed by atoms with van der Waals surface area (Å²) in [7, 11) is 1.47. The molecule has 0 amide bonds. The van der Waals surface area contributed by atoms with E-state index in [2.05, 4.69) is 0 Å². The van der Waals surface area contributed by atoms with Crippen molar-refractivity contribution in [1.82, 2.24) is 0 Å². The number of rotatable bonds is 4. The van der Waals surface area contributed by atoms with Gasteiger partial charge in [-0.1, -0.05) is 6.07 Å². The first kappa shape index (κ1) is 13.8. The Hall–Kier alpha value is -2.58. The van der Waals surface area contributed by atoms with Gasteiger partial charge in [-0.3, -0.25) is 0 Å². The molecule has 0 spiro atoms. The number of nitrogens with zero attached hydrogens (tertiary/aromatic N) is 1. The summed E-state index contributed by atoms with van der Waals surface area (Å²) >= 11 is 0. The lowest BCUT2D eigenvalue weighted by Gasteiger charge is -2.12. The van der Waals surface area contributed by atoms with Gasteiger partial charge in [0.25, 0.3) is 0 Å². The van der Waals surface area contributed by atoms with Crippen molar-refractivity contribution in [2.45, 2.75) is 6.61 Å². The molecule has 0 aliphatic heterocycles. The highest BCUT2D eigenvalue weighted by atomic mass is 19.1. The molecule has 0 atom stereocenters. The predicted molar refractivity (Wildman–Crippen MR) is 70.1 cm³/mol. The number of methoxy groups -OCH3 is 1. The molecule has 0 heterocycles. The van der Waals surface area contributed by atoms with Crippen molar-refractivity contribution in [3.8, 4) is 23.3 Å². The molecule has 0 bridgehead atoms. The lowest BCUT2D eigenvalue weighted by Crippen LogP contribution is -1.94. The summed E-state index contributed by atoms with van der Waals surface area (Å²) in [6.07, 6.45) is 0. The van der Waals surface area contributed by atoms with E-state index in [1.807, 2.05) is 6.07 Å². The molecule has 0 saturated carbocycles. The summed E-state index contributed by atoms with van der Waals surface area (Å²) in [6.45, 7) is -0.114. The number of halogens is 1. The Labute approximate surface area is 115 Å². The summed E-state index contributed by atoms with van der Waals surface area (Å²) in [4.78, 5) is 0. The first-order valence-corrected chi connectivity index (χ1v) is 5.83. The van der Waals surface area contributed by atoms with Crippen molar-refractivity contribution in [2.24, 2.45) is 0 Å². The summed E-state index contributed by atoms with van der Waals surface area (Å²) in [5, 5.41) is 18.0. The Morgan fingerprint density at radius 3 is 2.55 bits per heavy atom. The average molecular weight is 273 g/mol. The van der Waals surface area contributed by atoms with Gasteiger partial charge in [0.15, 0.2) is 11.5 Å². The first-order chi connectivity index (χ1) is 9.67. The van der Waals surface area contributed by atoms with Crippen LogP contribution in [0.3, 0.4) is 0 Å². The van der Waals surface area contributed by atoms with E-state index in [0.29, 0.717) is 17.1 Å². The summed E-state index contributed by atoms with van der Waals surface area (Å²) in [6, 6.07) is 10.5. The van der Waals surface area contributed by atoms with Crippen LogP contribution in [0.4, 0.5) is 4.39 Å². The fourth-order valence-corrected chi connectivity index (χ4v) is 1.69. The number of aliphatic hydroxyl groups excluding tert-OH is 1. The minimum absolute atomic E-state index is 0.0956. The van der Waals surface area contributed by atoms with Crippen LogP contribution in [0.2, 0.25) is 0 Å². The highest BCUT2D eigenvalue weighted by Crippen LogP contribution is 2.33. The van der Waals surface area contributed by atoms with Crippen molar-refractivity contribution in [3.63, 3.8) is 0 Å². The van der Waals surface area contributed by atoms with Crippen molar-refractivity contribution >= 4 is 0 Å². The third kappa shape index (κ3) is 2.87. The summed E-state index contributed by atoms with van der Waals surface area (Å²) < 4.78 is 23.8. The van der Waals surface area contributed by atoms with Gasteiger partial charge in [-0.15, -0.1) is 0 Å². The lowest BCUT2D eigenvalue weighted by molar-refractivity contribution is 0.280. The van der Waals surface area contributed by atoms with Gasteiger partial charge in [-0.25, -0.2) is 4.39 Å². The van der Waals surface area contributed by atoms with E-state index in [1.54, 1.807) is 18.2 Å². The molecule has 0 aliphatic carbocycles. The third-order valence-electron chi connectivity index (χ3n) is 2.69. The Morgan fingerprint density at radius 2 is 1.90 bits per heavy atom. The zero-order valence-corrected chi connectivity index (χ0v) is 10.8. The zero-order chi connectivity index (χ0) is 14.5. The molecule has 20 heavy (non-hydrogen) atoms. The second-order valence-electron chi connectivity index (χ2n) is 4.00. The van der Waals surface area contributed by atoms with E-state index >= 15 is 0 Å². The molecule has 0 fully saturated rings. The van der Waals surface area contributed by atoms with Crippen LogP contribution in [0.1, 0.15) is 11.1 Å². The highest BCUT2D eigenvalue weighted by molar-refractivity contribution is 5.49. The first-order valence-electron chi connectivity index (χ1n) is 5.83. The van der Waals surface area contributed by atoms with E-state index in [1.165, 1.54) is 19.2 Å². The molecule has 2 aromatic carbocycles. The quantitative estimate of drug-likeness (QED) is 0.930. The molecular formula is C15H12FNO3. The second-order valence-corrected chi connectivity index (χ2v) is 4.00. The largest absolute Gasteiger partial charge is 0.493 e. The van der Waals surface area contributed by atoms with Gasteiger partial charge in [0, 0.05) is 0 Å². The van der Waals surface area contributed by atoms with Crippen molar-refractivity contribution < 1.29 is 19.0 Å². The van der Waals surface area contributed by atoms with Crippen LogP contribution in [0.25, 0.3) is 0 Å². The molecule has 0 aromatic heterocycles. The Balaban J connectivity index is 2.37. The minimum atomic E-state index is -0.503. The van der Waals surface area contributed by atoms with Gasteiger partial charge in [-0.05, 0) is 35.9 Å². The standard InChI is InChI=1S/C15H12FNO3/c1-19-15-6-10(9-18)2-4-14(15)20-13-5-3-12(16)7-11(13)8-17/h2-7,18H,9H2,1H3. The molecule has 4 nitrogen and oxygen atoms in total. The third-order valence-corrected chi connectivity index (χ3v) is 2.69. The molecule has 0 unspecified atom stereocenters. The van der Waals surface area contributed by atoms with Crippen molar-refractivity contribution in [2.75, 3.05) is 7.11 Å². The highest BCUT2D eigenvalue weighted by Gasteiger charge is 2.10. The Bertz CT molecular complexity index is 665.